The highest BCUT2D eigenvalue weighted by molar-refractivity contribution is 5.94. The number of amides is 2. The van der Waals surface area contributed by atoms with Crippen molar-refractivity contribution in [1.29, 1.82) is 0 Å². The lowest BCUT2D eigenvalue weighted by atomic mass is 10.1. The molecule has 2 aromatic heterocycles. The number of hydrogen-bond donors (Lipinski definition) is 4. The zero-order valence-electron chi connectivity index (χ0n) is 11.9. The van der Waals surface area contributed by atoms with Gasteiger partial charge in [0.25, 0.3) is 11.5 Å². The number of hydrogen-bond acceptors (Lipinski definition) is 4. The van der Waals surface area contributed by atoms with E-state index in [1.165, 1.54) is 12.1 Å². The third kappa shape index (κ3) is 3.26. The van der Waals surface area contributed by atoms with Gasteiger partial charge in [0.15, 0.2) is 5.69 Å². The number of aromatic amines is 2. The highest BCUT2D eigenvalue weighted by Gasteiger charge is 2.11. The number of H-pyrrole nitrogens is 2. The molecule has 0 spiro atoms. The van der Waals surface area contributed by atoms with E-state index in [9.17, 15) is 14.4 Å². The van der Waals surface area contributed by atoms with Crippen molar-refractivity contribution in [3.8, 4) is 0 Å². The summed E-state index contributed by atoms with van der Waals surface area (Å²) in [6.07, 6.45) is 1.87. The fraction of sp³-hybridized carbons (Fsp3) is 0.0667. The van der Waals surface area contributed by atoms with Gasteiger partial charge < -0.3 is 4.98 Å². The molecule has 0 fully saturated rings. The second-order valence-corrected chi connectivity index (χ2v) is 4.85. The van der Waals surface area contributed by atoms with Crippen LogP contribution < -0.4 is 16.4 Å². The van der Waals surface area contributed by atoms with Crippen molar-refractivity contribution < 1.29 is 9.59 Å². The molecule has 0 aliphatic carbocycles. The Kier molecular flexibility index (Phi) is 3.88. The molecule has 8 heteroatoms. The van der Waals surface area contributed by atoms with Crippen LogP contribution in [0.2, 0.25) is 0 Å². The van der Waals surface area contributed by atoms with Crippen molar-refractivity contribution in [2.24, 2.45) is 0 Å². The summed E-state index contributed by atoms with van der Waals surface area (Å²) in [7, 11) is 0. The lowest BCUT2D eigenvalue weighted by Crippen LogP contribution is -2.42. The fourth-order valence-electron chi connectivity index (χ4n) is 2.16. The molecule has 3 rings (SSSR count). The standard InChI is InChI=1S/C15H13N5O3/c21-13-6-5-12(17-18-13)15(23)20-19-14(22)7-9-8-16-11-4-2-1-3-10(9)11/h1-6,8,16H,7H2,(H,18,21)(H,19,22)(H,20,23). The van der Waals surface area contributed by atoms with Crippen LogP contribution in [0.25, 0.3) is 10.9 Å². The van der Waals surface area contributed by atoms with Crippen LogP contribution in [0, 0.1) is 0 Å². The molecule has 0 bridgehead atoms. The number of hydrazine groups is 1. The molecule has 0 saturated carbocycles. The minimum Gasteiger partial charge on any atom is -0.361 e. The van der Waals surface area contributed by atoms with Gasteiger partial charge in [0, 0.05) is 23.2 Å². The van der Waals surface area contributed by atoms with Gasteiger partial charge in [-0.3, -0.25) is 25.2 Å². The maximum atomic E-state index is 11.9. The predicted molar refractivity (Wildman–Crippen MR) is 82.5 cm³/mol. The van der Waals surface area contributed by atoms with Crippen LogP contribution in [0.3, 0.4) is 0 Å². The predicted octanol–water partition coefficient (Wildman–Crippen LogP) is 0.255. The number of para-hydroxylation sites is 1. The molecule has 2 heterocycles. The summed E-state index contributed by atoms with van der Waals surface area (Å²) in [6.45, 7) is 0. The van der Waals surface area contributed by atoms with Gasteiger partial charge in [-0.15, -0.1) is 0 Å². The lowest BCUT2D eigenvalue weighted by molar-refractivity contribution is -0.121. The van der Waals surface area contributed by atoms with Crippen molar-refractivity contribution >= 4 is 22.7 Å². The van der Waals surface area contributed by atoms with Gasteiger partial charge in [-0.2, -0.15) is 5.10 Å². The third-order valence-corrected chi connectivity index (χ3v) is 3.25. The van der Waals surface area contributed by atoms with Crippen LogP contribution in [0.1, 0.15) is 16.1 Å². The first kappa shape index (κ1) is 14.5. The van der Waals surface area contributed by atoms with Gasteiger partial charge >= 0.3 is 0 Å². The highest BCUT2D eigenvalue weighted by Crippen LogP contribution is 2.17. The molecule has 4 N–H and O–H groups in total. The molecule has 0 saturated heterocycles. The summed E-state index contributed by atoms with van der Waals surface area (Å²) < 4.78 is 0. The Balaban J connectivity index is 1.60. The molecule has 0 aliphatic heterocycles. The Labute approximate surface area is 129 Å². The van der Waals surface area contributed by atoms with Gasteiger partial charge in [0.1, 0.15) is 0 Å². The maximum Gasteiger partial charge on any atom is 0.290 e. The first-order valence-corrected chi connectivity index (χ1v) is 6.83. The summed E-state index contributed by atoms with van der Waals surface area (Å²) in [5.41, 5.74) is 5.91. The zero-order chi connectivity index (χ0) is 16.2. The number of aromatic nitrogens is 3. The molecule has 8 nitrogen and oxygen atoms in total. The Bertz CT molecular complexity index is 908. The summed E-state index contributed by atoms with van der Waals surface area (Å²) in [5, 5.41) is 6.66. The summed E-state index contributed by atoms with van der Waals surface area (Å²) in [5.74, 6) is -0.985. The second-order valence-electron chi connectivity index (χ2n) is 4.85. The van der Waals surface area contributed by atoms with E-state index >= 15 is 0 Å². The molecule has 0 atom stereocenters. The van der Waals surface area contributed by atoms with Crippen LogP contribution in [0.15, 0.2) is 47.4 Å². The Hall–Kier alpha value is -3.42. The molecular formula is C15H13N5O3. The van der Waals surface area contributed by atoms with Crippen molar-refractivity contribution in [3.05, 3.63) is 64.2 Å². The number of nitrogens with zero attached hydrogens (tertiary/aromatic N) is 1. The van der Waals surface area contributed by atoms with Crippen LogP contribution >= 0.6 is 0 Å². The molecule has 0 aliphatic rings. The minimum absolute atomic E-state index is 0.00278. The van der Waals surface area contributed by atoms with Crippen LogP contribution in [0.5, 0.6) is 0 Å². The zero-order valence-corrected chi connectivity index (χ0v) is 11.9. The van der Waals surface area contributed by atoms with Gasteiger partial charge in [-0.1, -0.05) is 18.2 Å². The van der Waals surface area contributed by atoms with Crippen molar-refractivity contribution in [2.75, 3.05) is 0 Å². The van der Waals surface area contributed by atoms with Gasteiger partial charge in [-0.05, 0) is 17.7 Å². The molecule has 1 aromatic carbocycles. The van der Waals surface area contributed by atoms with Gasteiger partial charge in [0.2, 0.25) is 5.91 Å². The number of rotatable bonds is 3. The topological polar surface area (TPSA) is 120 Å². The molecule has 116 valence electrons. The SMILES string of the molecule is O=C(Cc1c[nH]c2ccccc12)NNC(=O)c1ccc(=O)[nH]n1. The molecule has 0 unspecified atom stereocenters. The average molecular weight is 311 g/mol. The fourth-order valence-corrected chi connectivity index (χ4v) is 2.16. The Morgan fingerprint density at radius 1 is 1.09 bits per heavy atom. The van der Waals surface area contributed by atoms with Crippen molar-refractivity contribution in [1.82, 2.24) is 26.0 Å². The summed E-state index contributed by atoms with van der Waals surface area (Å²) in [6, 6.07) is 10.1. The van der Waals surface area contributed by atoms with Gasteiger partial charge in [0.05, 0.1) is 6.42 Å². The summed E-state index contributed by atoms with van der Waals surface area (Å²) >= 11 is 0. The van der Waals surface area contributed by atoms with E-state index in [4.69, 9.17) is 0 Å². The molecule has 0 radical (unpaired) electrons. The monoisotopic (exact) mass is 311 g/mol. The number of carbonyl (C=O) groups excluding carboxylic acids is 2. The van der Waals surface area contributed by atoms with Gasteiger partial charge in [-0.25, -0.2) is 5.10 Å². The largest absolute Gasteiger partial charge is 0.361 e. The number of nitrogens with one attached hydrogen (secondary N) is 4. The van der Waals surface area contributed by atoms with E-state index in [-0.39, 0.29) is 18.0 Å². The third-order valence-electron chi connectivity index (χ3n) is 3.25. The van der Waals surface area contributed by atoms with E-state index in [2.05, 4.69) is 26.0 Å². The molecule has 2 amide bonds. The number of carbonyl (C=O) groups is 2. The van der Waals surface area contributed by atoms with Crippen LogP contribution in [-0.4, -0.2) is 27.0 Å². The van der Waals surface area contributed by atoms with Crippen LogP contribution in [0.4, 0.5) is 0 Å². The number of benzene rings is 1. The smallest absolute Gasteiger partial charge is 0.290 e. The average Bonchev–Trinajstić information content (AvgIpc) is 2.96. The highest BCUT2D eigenvalue weighted by atomic mass is 16.2. The number of fused-ring (bicyclic) bond motifs is 1. The Morgan fingerprint density at radius 3 is 2.70 bits per heavy atom. The van der Waals surface area contributed by atoms with E-state index < -0.39 is 11.5 Å². The van der Waals surface area contributed by atoms with Crippen molar-refractivity contribution in [2.45, 2.75) is 6.42 Å². The maximum absolute atomic E-state index is 11.9. The summed E-state index contributed by atoms with van der Waals surface area (Å²) in [4.78, 5) is 37.6. The normalized spacial score (nSPS) is 10.4. The van der Waals surface area contributed by atoms with E-state index in [1.54, 1.807) is 6.20 Å². The quantitative estimate of drug-likeness (QED) is 0.518. The van der Waals surface area contributed by atoms with E-state index in [1.807, 2.05) is 24.3 Å². The first-order valence-electron chi connectivity index (χ1n) is 6.83. The minimum atomic E-state index is -0.617. The van der Waals surface area contributed by atoms with E-state index in [0.717, 1.165) is 16.5 Å². The second kappa shape index (κ2) is 6.14. The van der Waals surface area contributed by atoms with Crippen molar-refractivity contribution in [3.63, 3.8) is 0 Å². The molecule has 3 aromatic rings. The molecular weight excluding hydrogens is 298 g/mol. The van der Waals surface area contributed by atoms with E-state index in [0.29, 0.717) is 0 Å². The molecule has 23 heavy (non-hydrogen) atoms. The lowest BCUT2D eigenvalue weighted by Gasteiger charge is -2.06. The Morgan fingerprint density at radius 2 is 1.91 bits per heavy atom. The van der Waals surface area contributed by atoms with Crippen LogP contribution in [-0.2, 0) is 11.2 Å². The first-order chi connectivity index (χ1) is 11.1.